The zero-order chi connectivity index (χ0) is 25.9. The fraction of sp³-hybridized carbons (Fsp3) is 0.370. The maximum atomic E-state index is 13.7. The molecule has 2 heterocycles. The van der Waals surface area contributed by atoms with Crippen LogP contribution >= 0.6 is 0 Å². The van der Waals surface area contributed by atoms with Crippen LogP contribution in [-0.4, -0.2) is 32.6 Å². The van der Waals surface area contributed by atoms with Crippen molar-refractivity contribution >= 4 is 21.7 Å². The molecule has 1 aromatic heterocycles. The molecule has 0 atom stereocenters. The van der Waals surface area contributed by atoms with Gasteiger partial charge < -0.3 is 19.0 Å². The van der Waals surface area contributed by atoms with E-state index in [0.29, 0.717) is 42.4 Å². The minimum Gasteiger partial charge on any atom is -0.493 e. The lowest BCUT2D eigenvalue weighted by Crippen LogP contribution is -2.34. The maximum absolute atomic E-state index is 13.7. The van der Waals surface area contributed by atoms with Gasteiger partial charge in [0.05, 0.1) is 12.3 Å². The van der Waals surface area contributed by atoms with Gasteiger partial charge in [0.25, 0.3) is 10.0 Å². The molecule has 0 amide bonds. The predicted octanol–water partition coefficient (Wildman–Crippen LogP) is 4.97. The van der Waals surface area contributed by atoms with Crippen LogP contribution in [0.15, 0.2) is 58.0 Å². The average molecular weight is 514 g/mol. The van der Waals surface area contributed by atoms with Crippen LogP contribution in [0.4, 0.5) is 5.69 Å². The summed E-state index contributed by atoms with van der Waals surface area (Å²) in [7, 11) is -3.97. The van der Waals surface area contributed by atoms with E-state index in [4.69, 9.17) is 19.0 Å². The number of hydrogen-bond donors (Lipinski definition) is 1. The molecule has 0 radical (unpaired) electrons. The number of nitrogens with zero attached hydrogens (tertiary/aromatic N) is 1. The number of anilines is 1. The highest BCUT2D eigenvalue weighted by Gasteiger charge is 2.32. The van der Waals surface area contributed by atoms with Crippen molar-refractivity contribution in [2.75, 3.05) is 17.5 Å². The lowest BCUT2D eigenvalue weighted by molar-refractivity contribution is -0.136. The quantitative estimate of drug-likeness (QED) is 0.386. The maximum Gasteiger partial charge on any atom is 0.303 e. The van der Waals surface area contributed by atoms with E-state index in [9.17, 15) is 13.2 Å². The molecule has 4 rings (SSSR count). The van der Waals surface area contributed by atoms with Gasteiger partial charge in [0.15, 0.2) is 0 Å². The number of aryl methyl sites for hydroxylation is 2. The predicted molar refractivity (Wildman–Crippen MR) is 135 cm³/mol. The SMILES string of the molecule is Cc1ccc(S(=O)(=O)N(CC(C)C)c2cc3c(cc2OCc2ccc(CCC(=O)O)cc2)OCC3)o1. The smallest absolute Gasteiger partial charge is 0.303 e. The third-order valence-electron chi connectivity index (χ3n) is 5.88. The molecule has 0 spiro atoms. The number of benzene rings is 2. The molecular weight excluding hydrogens is 482 g/mol. The normalized spacial score (nSPS) is 12.9. The average Bonchev–Trinajstić information content (AvgIpc) is 3.48. The van der Waals surface area contributed by atoms with Crippen LogP contribution in [-0.2, 0) is 34.3 Å². The third-order valence-corrected chi connectivity index (χ3v) is 7.53. The van der Waals surface area contributed by atoms with Crippen molar-refractivity contribution in [3.05, 3.63) is 71.0 Å². The van der Waals surface area contributed by atoms with Crippen molar-refractivity contribution in [1.82, 2.24) is 0 Å². The van der Waals surface area contributed by atoms with Gasteiger partial charge in [0, 0.05) is 25.5 Å². The lowest BCUT2D eigenvalue weighted by Gasteiger charge is -2.27. The van der Waals surface area contributed by atoms with Crippen molar-refractivity contribution < 1.29 is 32.2 Å². The van der Waals surface area contributed by atoms with Crippen LogP contribution < -0.4 is 13.8 Å². The molecule has 8 nitrogen and oxygen atoms in total. The second-order valence-electron chi connectivity index (χ2n) is 9.32. The van der Waals surface area contributed by atoms with Crippen molar-refractivity contribution in [3.8, 4) is 11.5 Å². The number of ether oxygens (including phenoxy) is 2. The van der Waals surface area contributed by atoms with Gasteiger partial charge in [-0.25, -0.2) is 0 Å². The molecule has 2 aromatic carbocycles. The summed E-state index contributed by atoms with van der Waals surface area (Å²) >= 11 is 0. The molecule has 36 heavy (non-hydrogen) atoms. The number of aliphatic carboxylic acids is 1. The molecule has 1 N–H and O–H groups in total. The Hall–Kier alpha value is -3.46. The Morgan fingerprint density at radius 2 is 1.83 bits per heavy atom. The Morgan fingerprint density at radius 1 is 1.11 bits per heavy atom. The minimum absolute atomic E-state index is 0.0477. The summed E-state index contributed by atoms with van der Waals surface area (Å²) in [5.74, 6) is 0.821. The third kappa shape index (κ3) is 5.84. The highest BCUT2D eigenvalue weighted by Crippen LogP contribution is 2.41. The van der Waals surface area contributed by atoms with Crippen LogP contribution in [0.2, 0.25) is 0 Å². The van der Waals surface area contributed by atoms with Crippen molar-refractivity contribution in [3.63, 3.8) is 0 Å². The van der Waals surface area contributed by atoms with Gasteiger partial charge in [0.2, 0.25) is 5.09 Å². The number of carboxylic acids is 1. The largest absolute Gasteiger partial charge is 0.493 e. The zero-order valence-electron chi connectivity index (χ0n) is 20.7. The molecule has 0 unspecified atom stereocenters. The van der Waals surface area contributed by atoms with E-state index in [1.54, 1.807) is 19.1 Å². The molecule has 0 aliphatic carbocycles. The number of fused-ring (bicyclic) bond motifs is 1. The second-order valence-corrected chi connectivity index (χ2v) is 11.1. The van der Waals surface area contributed by atoms with Gasteiger partial charge in [-0.2, -0.15) is 8.42 Å². The van der Waals surface area contributed by atoms with Crippen LogP contribution in [0.25, 0.3) is 0 Å². The second kappa shape index (κ2) is 10.7. The van der Waals surface area contributed by atoms with Crippen LogP contribution in [0.1, 0.15) is 42.7 Å². The summed E-state index contributed by atoms with van der Waals surface area (Å²) in [5, 5.41) is 8.77. The van der Waals surface area contributed by atoms with Gasteiger partial charge >= 0.3 is 5.97 Å². The number of furan rings is 1. The number of carbonyl (C=O) groups is 1. The van der Waals surface area contributed by atoms with E-state index < -0.39 is 16.0 Å². The first-order chi connectivity index (χ1) is 17.1. The van der Waals surface area contributed by atoms with Crippen LogP contribution in [0.5, 0.6) is 11.5 Å². The summed E-state index contributed by atoms with van der Waals surface area (Å²) in [5.41, 5.74) is 3.18. The molecule has 9 heteroatoms. The van der Waals surface area contributed by atoms with Gasteiger partial charge in [-0.05, 0) is 54.2 Å². The molecule has 0 fully saturated rings. The molecular formula is C27H31NO7S. The van der Waals surface area contributed by atoms with E-state index >= 15 is 0 Å². The number of sulfonamides is 1. The monoisotopic (exact) mass is 513 g/mol. The molecule has 0 saturated carbocycles. The Balaban J connectivity index is 1.65. The van der Waals surface area contributed by atoms with E-state index in [-0.39, 0.29) is 30.6 Å². The fourth-order valence-corrected chi connectivity index (χ4v) is 5.63. The van der Waals surface area contributed by atoms with Crippen molar-refractivity contribution in [2.24, 2.45) is 5.92 Å². The Morgan fingerprint density at radius 3 is 2.47 bits per heavy atom. The molecule has 0 bridgehead atoms. The molecule has 192 valence electrons. The molecule has 0 saturated heterocycles. The highest BCUT2D eigenvalue weighted by atomic mass is 32.2. The summed E-state index contributed by atoms with van der Waals surface area (Å²) < 4.78 is 46.1. The van der Waals surface area contributed by atoms with Gasteiger partial charge in [0.1, 0.15) is 23.9 Å². The number of rotatable bonds is 11. The summed E-state index contributed by atoms with van der Waals surface area (Å²) in [6, 6.07) is 14.2. The van der Waals surface area contributed by atoms with Gasteiger partial charge in [-0.1, -0.05) is 38.1 Å². The molecule has 1 aliphatic heterocycles. The first-order valence-electron chi connectivity index (χ1n) is 11.9. The van der Waals surface area contributed by atoms with Crippen molar-refractivity contribution in [2.45, 2.75) is 51.7 Å². The Labute approximate surface area is 211 Å². The summed E-state index contributed by atoms with van der Waals surface area (Å²) in [4.78, 5) is 10.8. The Kier molecular flexibility index (Phi) is 7.59. The number of hydrogen-bond acceptors (Lipinski definition) is 6. The van der Waals surface area contributed by atoms with Crippen LogP contribution in [0, 0.1) is 12.8 Å². The first-order valence-corrected chi connectivity index (χ1v) is 13.4. The van der Waals surface area contributed by atoms with E-state index in [2.05, 4.69) is 0 Å². The first kappa shape index (κ1) is 25.6. The molecule has 3 aromatic rings. The highest BCUT2D eigenvalue weighted by molar-refractivity contribution is 7.92. The summed E-state index contributed by atoms with van der Waals surface area (Å²) in [6.45, 7) is 6.61. The number of carboxylic acid groups (broad SMARTS) is 1. The van der Waals surface area contributed by atoms with Gasteiger partial charge in [-0.15, -0.1) is 0 Å². The van der Waals surface area contributed by atoms with Crippen LogP contribution in [0.3, 0.4) is 0 Å². The standard InChI is InChI=1S/C27H31NO7S/c1-18(2)16-28(36(31,32)27-11-4-19(3)35-27)23-14-22-12-13-33-24(22)15-25(23)34-17-21-7-5-20(6-8-21)9-10-26(29)30/h4-8,11,14-15,18H,9-10,12-13,16-17H2,1-3H3,(H,29,30). The summed E-state index contributed by atoms with van der Waals surface area (Å²) in [6.07, 6.45) is 1.22. The van der Waals surface area contributed by atoms with E-state index in [1.807, 2.05) is 44.2 Å². The Bertz CT molecular complexity index is 1330. The topological polar surface area (TPSA) is 106 Å². The molecule has 1 aliphatic rings. The fourth-order valence-electron chi connectivity index (χ4n) is 4.04. The van der Waals surface area contributed by atoms with Crippen molar-refractivity contribution in [1.29, 1.82) is 0 Å². The lowest BCUT2D eigenvalue weighted by atomic mass is 10.1. The van der Waals surface area contributed by atoms with E-state index in [0.717, 1.165) is 16.7 Å². The zero-order valence-corrected chi connectivity index (χ0v) is 21.5. The van der Waals surface area contributed by atoms with Gasteiger partial charge in [-0.3, -0.25) is 9.10 Å². The minimum atomic E-state index is -3.97. The van der Waals surface area contributed by atoms with E-state index in [1.165, 1.54) is 10.4 Å².